The summed E-state index contributed by atoms with van der Waals surface area (Å²) in [5, 5.41) is 12.3. The van der Waals surface area contributed by atoms with Crippen molar-refractivity contribution in [3.8, 4) is 0 Å². The zero-order chi connectivity index (χ0) is 12.2. The van der Waals surface area contributed by atoms with Crippen LogP contribution in [-0.4, -0.2) is 18.2 Å². The summed E-state index contributed by atoms with van der Waals surface area (Å²) in [7, 11) is 1.36. The summed E-state index contributed by atoms with van der Waals surface area (Å²) in [4.78, 5) is 11.1. The van der Waals surface area contributed by atoms with Gasteiger partial charge in [-0.1, -0.05) is 19.1 Å². The Balaban J connectivity index is 3.05. The van der Waals surface area contributed by atoms with E-state index in [1.54, 1.807) is 13.0 Å². The van der Waals surface area contributed by atoms with Gasteiger partial charge in [0.15, 0.2) is 0 Å². The third kappa shape index (κ3) is 2.49. The van der Waals surface area contributed by atoms with Crippen molar-refractivity contribution in [2.75, 3.05) is 7.05 Å². The number of hydrogen-bond acceptors (Lipinski definition) is 3. The first-order chi connectivity index (χ1) is 7.53. The van der Waals surface area contributed by atoms with Gasteiger partial charge in [-0.05, 0) is 12.1 Å². The Morgan fingerprint density at radius 3 is 2.69 bits per heavy atom. The monoisotopic (exact) mass is 227 g/mol. The maximum Gasteiger partial charge on any atom is 0.409 e. The van der Waals surface area contributed by atoms with Crippen molar-refractivity contribution in [1.29, 1.82) is 0 Å². The molecule has 16 heavy (non-hydrogen) atoms. The van der Waals surface area contributed by atoms with Gasteiger partial charge in [0.1, 0.15) is 5.82 Å². The minimum atomic E-state index is -1.94. The second-order valence-electron chi connectivity index (χ2n) is 3.26. The van der Waals surface area contributed by atoms with Crippen molar-refractivity contribution in [3.05, 3.63) is 35.6 Å². The standard InChI is InChI=1S/C11H14FNO3/c1-3-11(15,16-10(14)13-2)8-6-4-5-7-9(8)12/h4-7,15H,3H2,1-2H3,(H,13,14)/t11-/m0/s1. The number of alkyl carbamates (subject to hydrolysis) is 1. The van der Waals surface area contributed by atoms with Crippen molar-refractivity contribution >= 4 is 6.09 Å². The summed E-state index contributed by atoms with van der Waals surface area (Å²) >= 11 is 0. The summed E-state index contributed by atoms with van der Waals surface area (Å²) < 4.78 is 18.2. The van der Waals surface area contributed by atoms with E-state index in [1.807, 2.05) is 0 Å². The summed E-state index contributed by atoms with van der Waals surface area (Å²) in [5.74, 6) is -2.55. The number of rotatable bonds is 3. The van der Waals surface area contributed by atoms with Gasteiger partial charge in [-0.3, -0.25) is 0 Å². The molecule has 0 unspecified atom stereocenters. The molecule has 0 radical (unpaired) electrons. The molecule has 88 valence electrons. The van der Waals surface area contributed by atoms with Crippen LogP contribution in [0.5, 0.6) is 0 Å². The quantitative estimate of drug-likeness (QED) is 0.773. The third-order valence-electron chi connectivity index (χ3n) is 2.24. The molecular formula is C11H14FNO3. The van der Waals surface area contributed by atoms with E-state index in [-0.39, 0.29) is 12.0 Å². The van der Waals surface area contributed by atoms with Gasteiger partial charge in [-0.15, -0.1) is 0 Å². The maximum absolute atomic E-state index is 13.5. The predicted octanol–water partition coefficient (Wildman–Crippen LogP) is 1.74. The normalized spacial score (nSPS) is 14.0. The molecule has 4 nitrogen and oxygen atoms in total. The maximum atomic E-state index is 13.5. The topological polar surface area (TPSA) is 58.6 Å². The summed E-state index contributed by atoms with van der Waals surface area (Å²) in [5.41, 5.74) is -0.0545. The molecule has 1 aromatic rings. The first kappa shape index (κ1) is 12.4. The number of halogens is 1. The van der Waals surface area contributed by atoms with Gasteiger partial charge in [0, 0.05) is 13.5 Å². The molecule has 1 amide bonds. The van der Waals surface area contributed by atoms with E-state index in [2.05, 4.69) is 5.32 Å². The van der Waals surface area contributed by atoms with Crippen LogP contribution in [0.3, 0.4) is 0 Å². The van der Waals surface area contributed by atoms with Crippen LogP contribution >= 0.6 is 0 Å². The van der Waals surface area contributed by atoms with Gasteiger partial charge in [-0.25, -0.2) is 9.18 Å². The van der Waals surface area contributed by atoms with Crippen LogP contribution in [0, 0.1) is 5.82 Å². The van der Waals surface area contributed by atoms with Gasteiger partial charge in [0.05, 0.1) is 5.56 Å². The van der Waals surface area contributed by atoms with Gasteiger partial charge in [-0.2, -0.15) is 0 Å². The zero-order valence-corrected chi connectivity index (χ0v) is 9.16. The fourth-order valence-corrected chi connectivity index (χ4v) is 1.30. The molecule has 0 saturated heterocycles. The van der Waals surface area contributed by atoms with E-state index < -0.39 is 17.7 Å². The molecule has 0 saturated carbocycles. The van der Waals surface area contributed by atoms with E-state index in [4.69, 9.17) is 4.74 Å². The Morgan fingerprint density at radius 2 is 2.19 bits per heavy atom. The second kappa shape index (κ2) is 4.94. The Hall–Kier alpha value is -1.62. The largest absolute Gasteiger partial charge is 0.413 e. The molecule has 1 rings (SSSR count). The van der Waals surface area contributed by atoms with E-state index >= 15 is 0 Å². The smallest absolute Gasteiger partial charge is 0.409 e. The average Bonchev–Trinajstić information content (AvgIpc) is 2.29. The lowest BCUT2D eigenvalue weighted by Gasteiger charge is -2.26. The van der Waals surface area contributed by atoms with Crippen molar-refractivity contribution in [3.63, 3.8) is 0 Å². The van der Waals surface area contributed by atoms with Crippen LogP contribution < -0.4 is 5.32 Å². The molecule has 1 atom stereocenters. The highest BCUT2D eigenvalue weighted by Gasteiger charge is 2.34. The van der Waals surface area contributed by atoms with Crippen LogP contribution in [0.15, 0.2) is 24.3 Å². The van der Waals surface area contributed by atoms with Crippen molar-refractivity contribution in [2.45, 2.75) is 19.1 Å². The molecule has 0 aliphatic heterocycles. The summed E-state index contributed by atoms with van der Waals surface area (Å²) in [6.45, 7) is 1.59. The minimum absolute atomic E-state index is 0.0545. The van der Waals surface area contributed by atoms with Crippen LogP contribution in [0.4, 0.5) is 9.18 Å². The number of nitrogens with one attached hydrogen (secondary N) is 1. The van der Waals surface area contributed by atoms with Crippen LogP contribution in [0.25, 0.3) is 0 Å². The Kier molecular flexibility index (Phi) is 3.84. The SMILES string of the molecule is CC[C@](O)(OC(=O)NC)c1ccccc1F. The van der Waals surface area contributed by atoms with E-state index in [0.717, 1.165) is 0 Å². The number of aliphatic hydroxyl groups is 1. The predicted molar refractivity (Wildman–Crippen MR) is 56.1 cm³/mol. The summed E-state index contributed by atoms with van der Waals surface area (Å²) in [6, 6.07) is 5.63. The number of carbonyl (C=O) groups excluding carboxylic acids is 1. The number of ether oxygens (including phenoxy) is 1. The first-order valence-electron chi connectivity index (χ1n) is 4.91. The summed E-state index contributed by atoms with van der Waals surface area (Å²) in [6.07, 6.45) is -0.756. The molecule has 0 fully saturated rings. The van der Waals surface area contributed by atoms with E-state index in [0.29, 0.717) is 0 Å². The van der Waals surface area contributed by atoms with Crippen molar-refractivity contribution < 1.29 is 19.0 Å². The molecule has 0 aliphatic rings. The first-order valence-corrected chi connectivity index (χ1v) is 4.91. The molecule has 0 bridgehead atoms. The molecule has 0 aromatic heterocycles. The Bertz CT molecular complexity index is 383. The molecule has 0 aliphatic carbocycles. The van der Waals surface area contributed by atoms with Gasteiger partial charge >= 0.3 is 6.09 Å². The van der Waals surface area contributed by atoms with E-state index in [9.17, 15) is 14.3 Å². The van der Waals surface area contributed by atoms with Crippen molar-refractivity contribution in [1.82, 2.24) is 5.32 Å². The zero-order valence-electron chi connectivity index (χ0n) is 9.16. The minimum Gasteiger partial charge on any atom is -0.413 e. The number of carbonyl (C=O) groups is 1. The van der Waals surface area contributed by atoms with Crippen LogP contribution in [0.2, 0.25) is 0 Å². The third-order valence-corrected chi connectivity index (χ3v) is 2.24. The van der Waals surface area contributed by atoms with Gasteiger partial charge in [0.25, 0.3) is 0 Å². The molecular weight excluding hydrogens is 213 g/mol. The highest BCUT2D eigenvalue weighted by Crippen LogP contribution is 2.28. The fraction of sp³-hybridized carbons (Fsp3) is 0.364. The van der Waals surface area contributed by atoms with Crippen LogP contribution in [0.1, 0.15) is 18.9 Å². The molecule has 0 heterocycles. The molecule has 1 aromatic carbocycles. The highest BCUT2D eigenvalue weighted by atomic mass is 19.1. The lowest BCUT2D eigenvalue weighted by atomic mass is 10.0. The lowest BCUT2D eigenvalue weighted by Crippen LogP contribution is -2.36. The van der Waals surface area contributed by atoms with Gasteiger partial charge < -0.3 is 15.2 Å². The number of amides is 1. The fourth-order valence-electron chi connectivity index (χ4n) is 1.30. The highest BCUT2D eigenvalue weighted by molar-refractivity contribution is 5.67. The van der Waals surface area contributed by atoms with E-state index in [1.165, 1.54) is 25.2 Å². The molecule has 2 N–H and O–H groups in total. The lowest BCUT2D eigenvalue weighted by molar-refractivity contribution is -0.173. The Labute approximate surface area is 93.0 Å². The molecule has 0 spiro atoms. The van der Waals surface area contributed by atoms with Crippen LogP contribution in [-0.2, 0) is 10.5 Å². The van der Waals surface area contributed by atoms with Crippen molar-refractivity contribution in [2.24, 2.45) is 0 Å². The molecule has 5 heteroatoms. The second-order valence-corrected chi connectivity index (χ2v) is 3.26. The Morgan fingerprint density at radius 1 is 1.56 bits per heavy atom. The average molecular weight is 227 g/mol. The number of hydrogen-bond donors (Lipinski definition) is 2. The number of benzene rings is 1. The van der Waals surface area contributed by atoms with Gasteiger partial charge in [0.2, 0.25) is 5.79 Å².